The molecule has 1 aliphatic heterocycles. The summed E-state index contributed by atoms with van der Waals surface area (Å²) >= 11 is 0. The lowest BCUT2D eigenvalue weighted by atomic mass is 10.2. The second kappa shape index (κ2) is 6.38. The monoisotopic (exact) mass is 378 g/mol. The van der Waals surface area contributed by atoms with Crippen LogP contribution in [-0.2, 0) is 11.3 Å². The van der Waals surface area contributed by atoms with E-state index in [1.54, 1.807) is 42.1 Å². The van der Waals surface area contributed by atoms with Crippen LogP contribution in [0.4, 0.5) is 0 Å². The first-order valence-corrected chi connectivity index (χ1v) is 9.17. The van der Waals surface area contributed by atoms with Crippen LogP contribution < -0.4 is 11.1 Å². The maximum Gasteiger partial charge on any atom is 0.267 e. The number of aryl methyl sites for hydroxylation is 1. The first kappa shape index (κ1) is 16.8. The molecule has 142 valence electrons. The van der Waals surface area contributed by atoms with Gasteiger partial charge in [-0.15, -0.1) is 5.10 Å². The Bertz CT molecular complexity index is 1310. The highest BCUT2D eigenvalue weighted by Crippen LogP contribution is 2.17. The maximum absolute atomic E-state index is 13.0. The zero-order chi connectivity index (χ0) is 19.3. The van der Waals surface area contributed by atoms with Crippen molar-refractivity contribution in [2.75, 3.05) is 6.61 Å². The Hall–Kier alpha value is -3.33. The topological polar surface area (TPSA) is 108 Å². The van der Waals surface area contributed by atoms with Crippen LogP contribution in [0.1, 0.15) is 18.7 Å². The highest BCUT2D eigenvalue weighted by atomic mass is 16.5. The summed E-state index contributed by atoms with van der Waals surface area (Å²) in [6.45, 7) is 3.00. The molecule has 0 aliphatic carbocycles. The van der Waals surface area contributed by atoms with E-state index >= 15 is 0 Å². The molecule has 0 spiro atoms. The summed E-state index contributed by atoms with van der Waals surface area (Å²) < 4.78 is 8.61. The molecule has 5 rings (SSSR count). The molecule has 0 aromatic carbocycles. The smallest absolute Gasteiger partial charge is 0.267 e. The van der Waals surface area contributed by atoms with E-state index in [1.807, 2.05) is 0 Å². The fraction of sp³-hybridized carbons (Fsp3) is 0.316. The summed E-state index contributed by atoms with van der Waals surface area (Å²) in [6.07, 6.45) is 5.34. The first-order valence-electron chi connectivity index (χ1n) is 9.17. The largest absolute Gasteiger partial charge is 0.376 e. The Labute approximate surface area is 158 Å². The quantitative estimate of drug-likeness (QED) is 0.539. The van der Waals surface area contributed by atoms with Crippen LogP contribution in [-0.4, -0.2) is 42.0 Å². The number of hydrogen-bond acceptors (Lipinski definition) is 6. The number of pyridine rings is 3. The Morgan fingerprint density at radius 2 is 1.93 bits per heavy atom. The van der Waals surface area contributed by atoms with E-state index in [1.165, 1.54) is 4.57 Å². The average Bonchev–Trinajstić information content (AvgIpc) is 3.35. The molecule has 5 heterocycles. The van der Waals surface area contributed by atoms with Crippen LogP contribution >= 0.6 is 0 Å². The Morgan fingerprint density at radius 1 is 1.14 bits per heavy atom. The lowest BCUT2D eigenvalue weighted by Crippen LogP contribution is -2.26. The van der Waals surface area contributed by atoms with Gasteiger partial charge in [0.2, 0.25) is 0 Å². The number of H-pyrrole nitrogens is 1. The predicted octanol–water partition coefficient (Wildman–Crippen LogP) is 1.31. The highest BCUT2D eigenvalue weighted by molar-refractivity contribution is 5.91. The van der Waals surface area contributed by atoms with Crippen molar-refractivity contribution in [3.63, 3.8) is 0 Å². The molecule has 0 saturated carbocycles. The number of rotatable bonds is 3. The van der Waals surface area contributed by atoms with Gasteiger partial charge in [0.15, 0.2) is 0 Å². The zero-order valence-electron chi connectivity index (χ0n) is 15.3. The number of hydrogen-bond donors (Lipinski definition) is 1. The lowest BCUT2D eigenvalue weighted by Gasteiger charge is -2.12. The van der Waals surface area contributed by atoms with E-state index in [-0.39, 0.29) is 23.2 Å². The van der Waals surface area contributed by atoms with Crippen molar-refractivity contribution < 1.29 is 4.74 Å². The molecular weight excluding hydrogens is 360 g/mol. The second-order valence-corrected chi connectivity index (χ2v) is 6.97. The van der Waals surface area contributed by atoms with Gasteiger partial charge in [-0.3, -0.25) is 14.7 Å². The van der Waals surface area contributed by atoms with Crippen molar-refractivity contribution in [1.29, 1.82) is 0 Å². The maximum atomic E-state index is 13.0. The summed E-state index contributed by atoms with van der Waals surface area (Å²) in [5, 5.41) is 7.52. The van der Waals surface area contributed by atoms with Gasteiger partial charge in [0.05, 0.1) is 34.5 Å². The normalized spacial score (nSPS) is 17.0. The number of nitrogens with one attached hydrogen (secondary N) is 1. The average molecular weight is 378 g/mol. The van der Waals surface area contributed by atoms with Crippen LogP contribution in [0.25, 0.3) is 27.8 Å². The molecule has 9 nitrogen and oxygen atoms in total. The molecule has 0 amide bonds. The third kappa shape index (κ3) is 2.71. The second-order valence-electron chi connectivity index (χ2n) is 6.97. The van der Waals surface area contributed by atoms with Crippen LogP contribution in [0, 0.1) is 6.92 Å². The Balaban J connectivity index is 1.67. The molecule has 1 fully saturated rings. The molecule has 28 heavy (non-hydrogen) atoms. The van der Waals surface area contributed by atoms with E-state index in [9.17, 15) is 9.59 Å². The molecule has 1 saturated heterocycles. The number of aromatic nitrogens is 6. The van der Waals surface area contributed by atoms with E-state index in [2.05, 4.69) is 20.2 Å². The van der Waals surface area contributed by atoms with E-state index in [0.29, 0.717) is 34.2 Å². The van der Waals surface area contributed by atoms with Crippen LogP contribution in [0.5, 0.6) is 0 Å². The minimum atomic E-state index is -0.320. The van der Waals surface area contributed by atoms with E-state index < -0.39 is 0 Å². The number of fused-ring (bicyclic) bond motifs is 2. The van der Waals surface area contributed by atoms with Gasteiger partial charge in [-0.05, 0) is 38.0 Å². The van der Waals surface area contributed by atoms with Crippen LogP contribution in [0.3, 0.4) is 0 Å². The molecule has 4 aromatic rings. The van der Waals surface area contributed by atoms with Gasteiger partial charge in [-0.25, -0.2) is 9.55 Å². The minimum Gasteiger partial charge on any atom is -0.376 e. The minimum absolute atomic E-state index is 0.0507. The fourth-order valence-electron chi connectivity index (χ4n) is 3.61. The summed E-state index contributed by atoms with van der Waals surface area (Å²) in [6, 6.07) is 5.14. The summed E-state index contributed by atoms with van der Waals surface area (Å²) in [5.74, 6) is 0.865. The SMILES string of the molecule is Cc1nc(-n2ccc3nc4ccn(C[C@H]5CCCO5)c(=O)c4cc3c2=O)n[nH]1. The molecule has 0 bridgehead atoms. The van der Waals surface area contributed by atoms with E-state index in [0.717, 1.165) is 19.4 Å². The molecule has 9 heteroatoms. The van der Waals surface area contributed by atoms with E-state index in [4.69, 9.17) is 4.74 Å². The summed E-state index contributed by atoms with van der Waals surface area (Å²) in [5.41, 5.74) is 0.593. The Morgan fingerprint density at radius 3 is 2.64 bits per heavy atom. The first-order chi connectivity index (χ1) is 13.6. The molecule has 0 radical (unpaired) electrons. The van der Waals surface area contributed by atoms with Gasteiger partial charge in [-0.1, -0.05) is 0 Å². The van der Waals surface area contributed by atoms with Gasteiger partial charge in [0.1, 0.15) is 5.82 Å². The van der Waals surface area contributed by atoms with Crippen molar-refractivity contribution in [2.24, 2.45) is 0 Å². The lowest BCUT2D eigenvalue weighted by molar-refractivity contribution is 0.0963. The van der Waals surface area contributed by atoms with Gasteiger partial charge >= 0.3 is 0 Å². The standard InChI is InChI=1S/C19H18N6O3/c1-11-20-19(23-22-11)25-7-5-16-14(18(25)27)9-13-15(21-16)4-6-24(17(13)26)10-12-3-2-8-28-12/h4-7,9,12H,2-3,8,10H2,1H3,(H,20,22,23)/t12-/m1/s1. The Kier molecular flexibility index (Phi) is 3.83. The number of aromatic amines is 1. The molecule has 0 unspecified atom stereocenters. The van der Waals surface area contributed by atoms with Crippen molar-refractivity contribution in [3.05, 3.63) is 57.1 Å². The summed E-state index contributed by atoms with van der Waals surface area (Å²) in [4.78, 5) is 34.6. The van der Waals surface area contributed by atoms with Crippen LogP contribution in [0.15, 0.2) is 40.2 Å². The molecule has 4 aromatic heterocycles. The van der Waals surface area contributed by atoms with Crippen molar-refractivity contribution in [2.45, 2.75) is 32.4 Å². The van der Waals surface area contributed by atoms with Gasteiger partial charge in [0.25, 0.3) is 17.1 Å². The zero-order valence-corrected chi connectivity index (χ0v) is 15.3. The molecule has 1 aliphatic rings. The number of nitrogens with zero attached hydrogens (tertiary/aromatic N) is 5. The van der Waals surface area contributed by atoms with Crippen LogP contribution in [0.2, 0.25) is 0 Å². The van der Waals surface area contributed by atoms with Gasteiger partial charge in [-0.2, -0.15) is 4.98 Å². The third-order valence-electron chi connectivity index (χ3n) is 5.04. The summed E-state index contributed by atoms with van der Waals surface area (Å²) in [7, 11) is 0. The molecule has 1 N–H and O–H groups in total. The predicted molar refractivity (Wildman–Crippen MR) is 103 cm³/mol. The van der Waals surface area contributed by atoms with Gasteiger partial charge < -0.3 is 9.30 Å². The fourth-order valence-corrected chi connectivity index (χ4v) is 3.61. The third-order valence-corrected chi connectivity index (χ3v) is 5.04. The highest BCUT2D eigenvalue weighted by Gasteiger charge is 2.18. The van der Waals surface area contributed by atoms with Gasteiger partial charge in [0, 0.05) is 19.0 Å². The van der Waals surface area contributed by atoms with Crippen molar-refractivity contribution in [1.82, 2.24) is 29.3 Å². The number of ether oxygens (including phenoxy) is 1. The van der Waals surface area contributed by atoms with Crippen molar-refractivity contribution in [3.8, 4) is 5.95 Å². The molecule has 1 atom stereocenters. The van der Waals surface area contributed by atoms with Crippen molar-refractivity contribution >= 4 is 21.8 Å². The molecular formula is C19H18N6O3.